The number of nitrogens with zero attached hydrogens (tertiary/aromatic N) is 2. The van der Waals surface area contributed by atoms with Crippen LogP contribution >= 0.6 is 23.2 Å². The fourth-order valence-electron chi connectivity index (χ4n) is 2.71. The number of hydrogen-bond acceptors (Lipinski definition) is 4. The highest BCUT2D eigenvalue weighted by atomic mass is 35.5. The van der Waals surface area contributed by atoms with Gasteiger partial charge in [-0.2, -0.15) is 5.10 Å². The smallest absolute Gasteiger partial charge is 0.276 e. The molecular formula is C22H19Cl2N3O3. The van der Waals surface area contributed by atoms with E-state index >= 15 is 0 Å². The van der Waals surface area contributed by atoms with Crippen molar-refractivity contribution in [2.45, 2.75) is 13.5 Å². The van der Waals surface area contributed by atoms with E-state index in [0.717, 1.165) is 16.9 Å². The number of ether oxygens (including phenoxy) is 1. The number of hydrogen-bond donors (Lipinski definition) is 1. The van der Waals surface area contributed by atoms with Crippen LogP contribution in [0.1, 0.15) is 28.4 Å². The Labute approximate surface area is 183 Å². The van der Waals surface area contributed by atoms with Gasteiger partial charge in [-0.1, -0.05) is 29.3 Å². The van der Waals surface area contributed by atoms with Crippen molar-refractivity contribution in [2.24, 2.45) is 5.10 Å². The monoisotopic (exact) mass is 443 g/mol. The summed E-state index contributed by atoms with van der Waals surface area (Å²) >= 11 is 12.0. The third-order valence-electron chi connectivity index (χ3n) is 4.17. The number of aromatic nitrogens is 1. The third kappa shape index (κ3) is 5.49. The van der Waals surface area contributed by atoms with Crippen molar-refractivity contribution in [3.63, 3.8) is 0 Å². The van der Waals surface area contributed by atoms with Gasteiger partial charge in [0.05, 0.1) is 29.4 Å². The van der Waals surface area contributed by atoms with Crippen LogP contribution in [0.25, 0.3) is 0 Å². The first-order valence-corrected chi connectivity index (χ1v) is 9.93. The SMILES string of the molecule is CCOc1ccc(/C=N\NC(=O)c2cccn(Cc3ccc(Cl)c(Cl)c3)c2=O)cc1. The number of hydrazone groups is 1. The van der Waals surface area contributed by atoms with E-state index in [4.69, 9.17) is 27.9 Å². The molecular weight excluding hydrogens is 425 g/mol. The molecule has 0 aliphatic carbocycles. The second-order valence-electron chi connectivity index (χ2n) is 6.30. The second kappa shape index (κ2) is 10.1. The van der Waals surface area contributed by atoms with Gasteiger partial charge < -0.3 is 9.30 Å². The minimum Gasteiger partial charge on any atom is -0.494 e. The van der Waals surface area contributed by atoms with Crippen molar-refractivity contribution in [1.82, 2.24) is 9.99 Å². The molecule has 0 aliphatic rings. The number of nitrogens with one attached hydrogen (secondary N) is 1. The van der Waals surface area contributed by atoms with Crippen molar-refractivity contribution in [3.8, 4) is 5.75 Å². The van der Waals surface area contributed by atoms with E-state index in [1.165, 1.54) is 16.8 Å². The van der Waals surface area contributed by atoms with E-state index in [1.54, 1.807) is 30.5 Å². The lowest BCUT2D eigenvalue weighted by Crippen LogP contribution is -2.30. The van der Waals surface area contributed by atoms with Gasteiger partial charge in [0.1, 0.15) is 11.3 Å². The van der Waals surface area contributed by atoms with Gasteiger partial charge in [-0.15, -0.1) is 0 Å². The van der Waals surface area contributed by atoms with Gasteiger partial charge >= 0.3 is 0 Å². The molecule has 1 N–H and O–H groups in total. The summed E-state index contributed by atoms with van der Waals surface area (Å²) < 4.78 is 6.80. The fraction of sp³-hybridized carbons (Fsp3) is 0.136. The topological polar surface area (TPSA) is 72.7 Å². The molecule has 8 heteroatoms. The van der Waals surface area contributed by atoms with Crippen LogP contribution in [-0.2, 0) is 6.54 Å². The highest BCUT2D eigenvalue weighted by Gasteiger charge is 2.12. The van der Waals surface area contributed by atoms with Gasteiger partial charge in [0.25, 0.3) is 11.5 Å². The number of halogens is 2. The average Bonchev–Trinajstić information content (AvgIpc) is 2.73. The lowest BCUT2D eigenvalue weighted by Gasteiger charge is -2.08. The van der Waals surface area contributed by atoms with Crippen molar-refractivity contribution in [2.75, 3.05) is 6.61 Å². The van der Waals surface area contributed by atoms with Gasteiger partial charge in [0.2, 0.25) is 0 Å². The Bertz CT molecular complexity index is 1130. The van der Waals surface area contributed by atoms with Crippen LogP contribution in [0.2, 0.25) is 10.0 Å². The molecule has 0 bridgehead atoms. The van der Waals surface area contributed by atoms with E-state index in [9.17, 15) is 9.59 Å². The molecule has 2 aromatic carbocycles. The molecule has 0 radical (unpaired) electrons. The predicted molar refractivity (Wildman–Crippen MR) is 119 cm³/mol. The predicted octanol–water partition coefficient (Wildman–Crippen LogP) is 4.37. The van der Waals surface area contributed by atoms with Crippen LogP contribution < -0.4 is 15.7 Å². The third-order valence-corrected chi connectivity index (χ3v) is 4.91. The summed E-state index contributed by atoms with van der Waals surface area (Å²) in [6.07, 6.45) is 3.09. The first-order valence-electron chi connectivity index (χ1n) is 9.17. The van der Waals surface area contributed by atoms with Crippen molar-refractivity contribution >= 4 is 35.3 Å². The molecule has 0 fully saturated rings. The largest absolute Gasteiger partial charge is 0.494 e. The maximum atomic E-state index is 12.7. The molecule has 154 valence electrons. The van der Waals surface area contributed by atoms with Gasteiger partial charge in [-0.05, 0) is 66.6 Å². The number of carbonyl (C=O) groups excluding carboxylic acids is 1. The first kappa shape index (κ1) is 21.6. The summed E-state index contributed by atoms with van der Waals surface area (Å²) in [7, 11) is 0. The van der Waals surface area contributed by atoms with Crippen LogP contribution in [0.4, 0.5) is 0 Å². The van der Waals surface area contributed by atoms with Gasteiger partial charge in [-0.3, -0.25) is 9.59 Å². The van der Waals surface area contributed by atoms with Crippen LogP contribution in [0.3, 0.4) is 0 Å². The molecule has 1 heterocycles. The number of pyridine rings is 1. The molecule has 0 aliphatic heterocycles. The van der Waals surface area contributed by atoms with Gasteiger partial charge in [-0.25, -0.2) is 5.43 Å². The number of rotatable bonds is 7. The number of benzene rings is 2. The van der Waals surface area contributed by atoms with Crippen molar-refractivity contribution in [3.05, 3.63) is 97.9 Å². The van der Waals surface area contributed by atoms with Gasteiger partial charge in [0, 0.05) is 6.20 Å². The molecule has 0 unspecified atom stereocenters. The summed E-state index contributed by atoms with van der Waals surface area (Å²) in [6, 6.07) is 15.5. The molecule has 0 saturated heterocycles. The molecule has 0 spiro atoms. The van der Waals surface area contributed by atoms with Crippen LogP contribution in [0.15, 0.2) is 70.7 Å². The first-order chi connectivity index (χ1) is 14.5. The Hall–Kier alpha value is -3.09. The maximum absolute atomic E-state index is 12.7. The number of carbonyl (C=O) groups is 1. The molecule has 3 rings (SSSR count). The zero-order valence-electron chi connectivity index (χ0n) is 16.1. The van der Waals surface area contributed by atoms with E-state index in [-0.39, 0.29) is 12.1 Å². The highest BCUT2D eigenvalue weighted by Crippen LogP contribution is 2.22. The second-order valence-corrected chi connectivity index (χ2v) is 7.12. The molecule has 3 aromatic rings. The van der Waals surface area contributed by atoms with Crippen molar-refractivity contribution < 1.29 is 9.53 Å². The molecule has 1 amide bonds. The average molecular weight is 444 g/mol. The van der Waals surface area contributed by atoms with E-state index in [0.29, 0.717) is 16.7 Å². The molecule has 30 heavy (non-hydrogen) atoms. The zero-order valence-corrected chi connectivity index (χ0v) is 17.7. The summed E-state index contributed by atoms with van der Waals surface area (Å²) in [6.45, 7) is 2.75. The maximum Gasteiger partial charge on any atom is 0.276 e. The normalized spacial score (nSPS) is 10.9. The fourth-order valence-corrected chi connectivity index (χ4v) is 3.03. The molecule has 0 atom stereocenters. The van der Waals surface area contributed by atoms with Crippen LogP contribution in [0.5, 0.6) is 5.75 Å². The van der Waals surface area contributed by atoms with E-state index in [1.807, 2.05) is 31.2 Å². The highest BCUT2D eigenvalue weighted by molar-refractivity contribution is 6.42. The lowest BCUT2D eigenvalue weighted by molar-refractivity contribution is 0.0953. The van der Waals surface area contributed by atoms with Crippen LogP contribution in [0, 0.1) is 0 Å². The van der Waals surface area contributed by atoms with Gasteiger partial charge in [0.15, 0.2) is 0 Å². The summed E-state index contributed by atoms with van der Waals surface area (Å²) in [5, 5.41) is 4.76. The van der Waals surface area contributed by atoms with E-state index in [2.05, 4.69) is 10.5 Å². The molecule has 1 aromatic heterocycles. The summed E-state index contributed by atoms with van der Waals surface area (Å²) in [5.41, 5.74) is 3.51. The van der Waals surface area contributed by atoms with Crippen LogP contribution in [-0.4, -0.2) is 23.3 Å². The summed E-state index contributed by atoms with van der Waals surface area (Å²) in [4.78, 5) is 25.1. The molecule has 6 nitrogen and oxygen atoms in total. The minimum atomic E-state index is -0.592. The Morgan fingerprint density at radius 1 is 1.13 bits per heavy atom. The lowest BCUT2D eigenvalue weighted by atomic mass is 10.2. The Kier molecular flexibility index (Phi) is 7.27. The summed E-state index contributed by atoms with van der Waals surface area (Å²) in [5.74, 6) is 0.163. The Balaban J connectivity index is 1.69. The standard InChI is InChI=1S/C22H19Cl2N3O3/c1-2-30-17-8-5-15(6-9-17)13-25-26-21(28)18-4-3-11-27(22(18)29)14-16-7-10-19(23)20(24)12-16/h3-13H,2,14H2,1H3,(H,26,28)/b25-13-. The number of amides is 1. The minimum absolute atomic E-state index is 0.0126. The Morgan fingerprint density at radius 3 is 2.60 bits per heavy atom. The zero-order chi connectivity index (χ0) is 21.5. The quantitative estimate of drug-likeness (QED) is 0.435. The van der Waals surface area contributed by atoms with E-state index < -0.39 is 11.5 Å². The Morgan fingerprint density at radius 2 is 1.90 bits per heavy atom. The molecule has 0 saturated carbocycles. The van der Waals surface area contributed by atoms with Crippen molar-refractivity contribution in [1.29, 1.82) is 0 Å².